The first kappa shape index (κ1) is 11.7. The van der Waals surface area contributed by atoms with Gasteiger partial charge >= 0.3 is 0 Å². The van der Waals surface area contributed by atoms with E-state index in [1.807, 2.05) is 0 Å². The monoisotopic (exact) mass is 240 g/mol. The van der Waals surface area contributed by atoms with Crippen LogP contribution in [0.15, 0.2) is 30.3 Å². The van der Waals surface area contributed by atoms with Crippen molar-refractivity contribution in [3.05, 3.63) is 35.9 Å². The van der Waals surface area contributed by atoms with Crippen LogP contribution in [0.3, 0.4) is 0 Å². The number of nitriles is 1. The molecule has 94 valence electrons. The third-order valence-electron chi connectivity index (χ3n) is 4.58. The van der Waals surface area contributed by atoms with Gasteiger partial charge in [-0.15, -0.1) is 0 Å². The fraction of sp³-hybridized carbons (Fsp3) is 0.562. The second kappa shape index (κ2) is 4.74. The predicted octanol–water partition coefficient (Wildman–Crippen LogP) is 3.20. The number of piperidine rings is 1. The summed E-state index contributed by atoms with van der Waals surface area (Å²) in [6.45, 7) is 3.39. The van der Waals surface area contributed by atoms with Crippen molar-refractivity contribution in [2.75, 3.05) is 13.1 Å². The van der Waals surface area contributed by atoms with Crippen LogP contribution in [0, 0.1) is 22.7 Å². The number of likely N-dealkylation sites (tertiary alicyclic amines) is 1. The Kier molecular flexibility index (Phi) is 3.09. The van der Waals surface area contributed by atoms with E-state index >= 15 is 0 Å². The van der Waals surface area contributed by atoms with E-state index in [1.165, 1.54) is 31.4 Å². The van der Waals surface area contributed by atoms with Gasteiger partial charge in [0.05, 0.1) is 6.07 Å². The molecule has 1 aliphatic carbocycles. The third-order valence-corrected chi connectivity index (χ3v) is 4.58. The van der Waals surface area contributed by atoms with Crippen molar-refractivity contribution in [1.29, 1.82) is 5.26 Å². The average molecular weight is 240 g/mol. The van der Waals surface area contributed by atoms with Crippen LogP contribution in [0.2, 0.25) is 0 Å². The number of hydrogen-bond acceptors (Lipinski definition) is 2. The molecule has 1 aromatic carbocycles. The molecule has 18 heavy (non-hydrogen) atoms. The van der Waals surface area contributed by atoms with E-state index in [1.54, 1.807) is 0 Å². The molecule has 2 atom stereocenters. The summed E-state index contributed by atoms with van der Waals surface area (Å²) < 4.78 is 0. The van der Waals surface area contributed by atoms with Crippen molar-refractivity contribution in [1.82, 2.24) is 4.90 Å². The lowest BCUT2D eigenvalue weighted by molar-refractivity contribution is 0.0935. The Morgan fingerprint density at radius 3 is 2.94 bits per heavy atom. The summed E-state index contributed by atoms with van der Waals surface area (Å²) >= 11 is 0. The van der Waals surface area contributed by atoms with E-state index in [2.05, 4.69) is 41.3 Å². The average Bonchev–Trinajstić information content (AvgIpc) is 2.67. The molecule has 2 aliphatic rings. The summed E-state index contributed by atoms with van der Waals surface area (Å²) in [6.07, 6.45) is 4.62. The van der Waals surface area contributed by atoms with Crippen LogP contribution in [0.25, 0.3) is 0 Å². The lowest BCUT2D eigenvalue weighted by Crippen LogP contribution is -2.42. The van der Waals surface area contributed by atoms with Gasteiger partial charge in [0.1, 0.15) is 0 Å². The van der Waals surface area contributed by atoms with Crippen LogP contribution in [0.1, 0.15) is 31.2 Å². The SMILES string of the molecule is N#CCC12CCC(CN(Cc3ccccc3)C1)C2. The lowest BCUT2D eigenvalue weighted by Gasteiger charge is -2.39. The summed E-state index contributed by atoms with van der Waals surface area (Å²) in [4.78, 5) is 2.56. The molecular formula is C16H20N2. The molecular weight excluding hydrogens is 220 g/mol. The smallest absolute Gasteiger partial charge is 0.0628 e. The molecule has 2 fully saturated rings. The zero-order valence-corrected chi connectivity index (χ0v) is 10.8. The van der Waals surface area contributed by atoms with Crippen molar-refractivity contribution in [2.24, 2.45) is 11.3 Å². The van der Waals surface area contributed by atoms with E-state index < -0.39 is 0 Å². The minimum atomic E-state index is 0.312. The van der Waals surface area contributed by atoms with E-state index in [9.17, 15) is 0 Å². The van der Waals surface area contributed by atoms with Gasteiger partial charge in [0.15, 0.2) is 0 Å². The summed E-state index contributed by atoms with van der Waals surface area (Å²) in [5.41, 5.74) is 1.71. The van der Waals surface area contributed by atoms with Crippen LogP contribution in [-0.4, -0.2) is 18.0 Å². The molecule has 1 heterocycles. The van der Waals surface area contributed by atoms with Crippen molar-refractivity contribution in [3.8, 4) is 6.07 Å². The Hall–Kier alpha value is -1.33. The van der Waals surface area contributed by atoms with Crippen LogP contribution in [-0.2, 0) is 6.54 Å². The summed E-state index contributed by atoms with van der Waals surface area (Å²) in [6, 6.07) is 13.1. The predicted molar refractivity (Wildman–Crippen MR) is 71.7 cm³/mol. The first-order valence-corrected chi connectivity index (χ1v) is 6.93. The van der Waals surface area contributed by atoms with Gasteiger partial charge in [-0.3, -0.25) is 4.90 Å². The maximum Gasteiger partial charge on any atom is 0.0628 e. The zero-order chi connectivity index (χ0) is 12.4. The lowest BCUT2D eigenvalue weighted by atomic mass is 9.79. The molecule has 1 aliphatic heterocycles. The van der Waals surface area contributed by atoms with Crippen LogP contribution in [0.5, 0.6) is 0 Å². The highest BCUT2D eigenvalue weighted by Gasteiger charge is 2.44. The Morgan fingerprint density at radius 2 is 2.17 bits per heavy atom. The molecule has 3 rings (SSSR count). The first-order valence-electron chi connectivity index (χ1n) is 6.93. The van der Waals surface area contributed by atoms with Gasteiger partial charge in [-0.05, 0) is 36.2 Å². The van der Waals surface area contributed by atoms with E-state index in [4.69, 9.17) is 5.26 Å². The van der Waals surface area contributed by atoms with Crippen molar-refractivity contribution in [2.45, 2.75) is 32.2 Å². The Morgan fingerprint density at radius 1 is 1.33 bits per heavy atom. The molecule has 1 saturated carbocycles. The van der Waals surface area contributed by atoms with Crippen molar-refractivity contribution in [3.63, 3.8) is 0 Å². The quantitative estimate of drug-likeness (QED) is 0.811. The fourth-order valence-electron chi connectivity index (χ4n) is 3.88. The van der Waals surface area contributed by atoms with Gasteiger partial charge in [-0.1, -0.05) is 30.3 Å². The van der Waals surface area contributed by atoms with Gasteiger partial charge in [0.25, 0.3) is 0 Å². The summed E-state index contributed by atoms with van der Waals surface area (Å²) in [5, 5.41) is 9.04. The van der Waals surface area contributed by atoms with Crippen LogP contribution in [0.4, 0.5) is 0 Å². The number of rotatable bonds is 3. The number of benzene rings is 1. The Balaban J connectivity index is 1.70. The first-order chi connectivity index (χ1) is 8.80. The van der Waals surface area contributed by atoms with E-state index in [-0.39, 0.29) is 0 Å². The van der Waals surface area contributed by atoms with Crippen molar-refractivity contribution < 1.29 is 0 Å². The van der Waals surface area contributed by atoms with Crippen LogP contribution < -0.4 is 0 Å². The third kappa shape index (κ3) is 2.28. The molecule has 2 bridgehead atoms. The number of fused-ring (bicyclic) bond motifs is 2. The summed E-state index contributed by atoms with van der Waals surface area (Å²) in [5.74, 6) is 0.829. The van der Waals surface area contributed by atoms with Crippen molar-refractivity contribution >= 4 is 0 Å². The Bertz CT molecular complexity index is 448. The Labute approximate surface area is 109 Å². The minimum Gasteiger partial charge on any atom is -0.298 e. The molecule has 0 radical (unpaired) electrons. The molecule has 0 N–H and O–H groups in total. The highest BCUT2D eigenvalue weighted by Crippen LogP contribution is 2.48. The minimum absolute atomic E-state index is 0.312. The normalized spacial score (nSPS) is 31.2. The molecule has 0 amide bonds. The summed E-state index contributed by atoms with van der Waals surface area (Å²) in [7, 11) is 0. The topological polar surface area (TPSA) is 27.0 Å². The second-order valence-corrected chi connectivity index (χ2v) is 6.10. The zero-order valence-electron chi connectivity index (χ0n) is 10.8. The molecule has 0 spiro atoms. The highest BCUT2D eigenvalue weighted by atomic mass is 15.1. The van der Waals surface area contributed by atoms with Gasteiger partial charge in [0, 0.05) is 26.1 Å². The maximum atomic E-state index is 9.04. The molecule has 1 aromatic rings. The van der Waals surface area contributed by atoms with Crippen LogP contribution >= 0.6 is 0 Å². The molecule has 2 nitrogen and oxygen atoms in total. The second-order valence-electron chi connectivity index (χ2n) is 6.10. The maximum absolute atomic E-state index is 9.04. The molecule has 2 heteroatoms. The van der Waals surface area contributed by atoms with E-state index in [0.717, 1.165) is 25.4 Å². The van der Waals surface area contributed by atoms with Gasteiger partial charge < -0.3 is 0 Å². The van der Waals surface area contributed by atoms with Gasteiger partial charge in [0.2, 0.25) is 0 Å². The number of nitrogens with zero attached hydrogens (tertiary/aromatic N) is 2. The standard InChI is InChI=1S/C16H20N2/c17-9-8-16-7-6-15(10-16)12-18(13-16)11-14-4-2-1-3-5-14/h1-5,15H,6-8,10-13H2. The van der Waals surface area contributed by atoms with Gasteiger partial charge in [-0.2, -0.15) is 5.26 Å². The largest absolute Gasteiger partial charge is 0.298 e. The number of hydrogen-bond donors (Lipinski definition) is 0. The molecule has 0 aromatic heterocycles. The fourth-order valence-corrected chi connectivity index (χ4v) is 3.88. The van der Waals surface area contributed by atoms with Gasteiger partial charge in [-0.25, -0.2) is 0 Å². The van der Waals surface area contributed by atoms with E-state index in [0.29, 0.717) is 5.41 Å². The molecule has 1 saturated heterocycles. The highest BCUT2D eigenvalue weighted by molar-refractivity contribution is 5.15. The molecule has 2 unspecified atom stereocenters.